The van der Waals surface area contributed by atoms with Crippen LogP contribution in [0.1, 0.15) is 17.7 Å². The third kappa shape index (κ3) is 2.54. The van der Waals surface area contributed by atoms with Gasteiger partial charge in [-0.2, -0.15) is 5.10 Å². The van der Waals surface area contributed by atoms with Gasteiger partial charge in [0, 0.05) is 21.7 Å². The molecular weight excluding hydrogens is 344 g/mol. The van der Waals surface area contributed by atoms with Crippen LogP contribution in [0.3, 0.4) is 0 Å². The Morgan fingerprint density at radius 2 is 1.92 bits per heavy atom. The summed E-state index contributed by atoms with van der Waals surface area (Å²) in [6, 6.07) is 16.1. The van der Waals surface area contributed by atoms with Crippen LogP contribution in [-0.2, 0) is 12.8 Å². The van der Waals surface area contributed by atoms with E-state index in [1.165, 1.54) is 11.3 Å². The fourth-order valence-corrected chi connectivity index (χ4v) is 3.89. The van der Waals surface area contributed by atoms with E-state index < -0.39 is 0 Å². The van der Waals surface area contributed by atoms with E-state index >= 15 is 0 Å². The first-order valence-corrected chi connectivity index (χ1v) is 9.14. The van der Waals surface area contributed by atoms with Gasteiger partial charge in [-0.15, -0.1) is 0 Å². The predicted molar refractivity (Wildman–Crippen MR) is 106 cm³/mol. The fraction of sp³-hybridized carbons (Fsp3) is 0.143. The van der Waals surface area contributed by atoms with Crippen LogP contribution in [0.25, 0.3) is 22.0 Å². The van der Waals surface area contributed by atoms with Gasteiger partial charge in [-0.05, 0) is 48.6 Å². The number of aryl methyl sites for hydroxylation is 1. The summed E-state index contributed by atoms with van der Waals surface area (Å²) in [6.45, 7) is 0. The molecule has 5 rings (SSSR count). The molecule has 26 heavy (non-hydrogen) atoms. The number of aromatic nitrogens is 3. The predicted octanol–water partition coefficient (Wildman–Crippen LogP) is 5.51. The maximum Gasteiger partial charge on any atom is 0.133 e. The Balaban J connectivity index is 1.67. The van der Waals surface area contributed by atoms with Crippen molar-refractivity contribution in [3.8, 4) is 11.1 Å². The van der Waals surface area contributed by atoms with Gasteiger partial charge in [-0.3, -0.25) is 10.1 Å². The van der Waals surface area contributed by atoms with Crippen LogP contribution in [0.15, 0.2) is 54.7 Å². The summed E-state index contributed by atoms with van der Waals surface area (Å²) in [5.41, 5.74) is 6.70. The molecule has 5 heteroatoms. The molecule has 2 aromatic heterocycles. The average molecular weight is 361 g/mol. The minimum atomic E-state index is 0.716. The first-order valence-electron chi connectivity index (χ1n) is 8.76. The van der Waals surface area contributed by atoms with E-state index in [2.05, 4.69) is 27.6 Å². The summed E-state index contributed by atoms with van der Waals surface area (Å²) in [6.07, 6.45) is 5.04. The Morgan fingerprint density at radius 1 is 1.04 bits per heavy atom. The lowest BCUT2D eigenvalue weighted by molar-refractivity contribution is 0.901. The second kappa shape index (κ2) is 6.15. The number of nitrogens with zero attached hydrogens (tertiary/aromatic N) is 2. The molecule has 2 N–H and O–H groups in total. The summed E-state index contributed by atoms with van der Waals surface area (Å²) in [5.74, 6) is 0.887. The first-order chi connectivity index (χ1) is 12.8. The number of rotatable bonds is 3. The monoisotopic (exact) mass is 360 g/mol. The minimum Gasteiger partial charge on any atom is -0.339 e. The molecule has 4 nitrogen and oxygen atoms in total. The van der Waals surface area contributed by atoms with Crippen molar-refractivity contribution >= 4 is 34.0 Å². The Kier molecular flexibility index (Phi) is 3.64. The highest BCUT2D eigenvalue weighted by atomic mass is 35.5. The summed E-state index contributed by atoms with van der Waals surface area (Å²) in [7, 11) is 0. The molecule has 0 amide bonds. The number of benzene rings is 2. The largest absolute Gasteiger partial charge is 0.339 e. The molecule has 0 atom stereocenters. The molecule has 2 heterocycles. The molecule has 1 aliphatic carbocycles. The van der Waals surface area contributed by atoms with Crippen molar-refractivity contribution < 1.29 is 0 Å². The second-order valence-corrected chi connectivity index (χ2v) is 7.01. The lowest BCUT2D eigenvalue weighted by Gasteiger charge is -2.15. The molecule has 0 saturated carbocycles. The normalized spacial score (nSPS) is 13.1. The highest BCUT2D eigenvalue weighted by Gasteiger charge is 2.21. The molecule has 0 spiro atoms. The maximum atomic E-state index is 6.27. The SMILES string of the molecule is Clc1ccc2nc3c(c(Nc4[nH]ncc4-c4ccccc4)c2c1)CCC3. The molecule has 1 aliphatic rings. The van der Waals surface area contributed by atoms with Gasteiger partial charge in [0.05, 0.1) is 17.4 Å². The Bertz CT molecular complexity index is 1100. The average Bonchev–Trinajstić information content (AvgIpc) is 3.32. The molecule has 0 radical (unpaired) electrons. The van der Waals surface area contributed by atoms with E-state index in [-0.39, 0.29) is 0 Å². The molecule has 2 aromatic carbocycles. The Morgan fingerprint density at radius 3 is 2.81 bits per heavy atom. The number of nitrogens with one attached hydrogen (secondary N) is 2. The number of hydrogen-bond donors (Lipinski definition) is 2. The number of halogens is 1. The standard InChI is InChI=1S/C21H17ClN4/c22-14-9-10-19-16(11-14)20(15-7-4-8-18(15)24-19)25-21-17(12-23-26-21)13-5-2-1-3-6-13/h1-3,5-6,9-12H,4,7-8H2,(H2,23,24,25,26). The van der Waals surface area contributed by atoms with Gasteiger partial charge in [-0.1, -0.05) is 41.9 Å². The molecule has 0 saturated heterocycles. The molecule has 128 valence electrons. The van der Waals surface area contributed by atoms with Crippen LogP contribution in [-0.4, -0.2) is 15.2 Å². The van der Waals surface area contributed by atoms with Crippen molar-refractivity contribution in [3.63, 3.8) is 0 Å². The maximum absolute atomic E-state index is 6.27. The zero-order valence-corrected chi connectivity index (χ0v) is 14.8. The van der Waals surface area contributed by atoms with E-state index in [1.807, 2.05) is 42.6 Å². The molecule has 0 aliphatic heterocycles. The Labute approximate surface area is 156 Å². The Hall–Kier alpha value is -2.85. The van der Waals surface area contributed by atoms with Gasteiger partial charge in [0.15, 0.2) is 0 Å². The van der Waals surface area contributed by atoms with Crippen LogP contribution >= 0.6 is 11.6 Å². The van der Waals surface area contributed by atoms with Crippen LogP contribution in [0.2, 0.25) is 5.02 Å². The van der Waals surface area contributed by atoms with Gasteiger partial charge in [-0.25, -0.2) is 0 Å². The van der Waals surface area contributed by atoms with Crippen molar-refractivity contribution in [1.82, 2.24) is 15.2 Å². The van der Waals surface area contributed by atoms with E-state index in [9.17, 15) is 0 Å². The fourth-order valence-electron chi connectivity index (χ4n) is 3.72. The van der Waals surface area contributed by atoms with Crippen LogP contribution in [0.4, 0.5) is 11.5 Å². The topological polar surface area (TPSA) is 53.6 Å². The second-order valence-electron chi connectivity index (χ2n) is 6.58. The van der Waals surface area contributed by atoms with Crippen molar-refractivity contribution in [2.45, 2.75) is 19.3 Å². The highest BCUT2D eigenvalue weighted by Crippen LogP contribution is 2.38. The van der Waals surface area contributed by atoms with Crippen molar-refractivity contribution in [2.24, 2.45) is 0 Å². The van der Waals surface area contributed by atoms with Gasteiger partial charge in [0.25, 0.3) is 0 Å². The summed E-state index contributed by atoms with van der Waals surface area (Å²) in [5, 5.41) is 12.7. The number of aromatic amines is 1. The number of fused-ring (bicyclic) bond motifs is 2. The first kappa shape index (κ1) is 15.4. The number of hydrogen-bond acceptors (Lipinski definition) is 3. The minimum absolute atomic E-state index is 0.716. The lowest BCUT2D eigenvalue weighted by atomic mass is 10.1. The summed E-state index contributed by atoms with van der Waals surface area (Å²) >= 11 is 6.27. The van der Waals surface area contributed by atoms with Gasteiger partial charge >= 0.3 is 0 Å². The van der Waals surface area contributed by atoms with E-state index in [0.29, 0.717) is 5.02 Å². The number of H-pyrrole nitrogens is 1. The highest BCUT2D eigenvalue weighted by molar-refractivity contribution is 6.31. The van der Waals surface area contributed by atoms with Gasteiger partial charge in [0.1, 0.15) is 5.82 Å². The third-order valence-corrected chi connectivity index (χ3v) is 5.18. The van der Waals surface area contributed by atoms with Crippen LogP contribution in [0, 0.1) is 0 Å². The van der Waals surface area contributed by atoms with E-state index in [0.717, 1.165) is 52.8 Å². The third-order valence-electron chi connectivity index (χ3n) is 4.95. The zero-order valence-electron chi connectivity index (χ0n) is 14.1. The number of pyridine rings is 1. The van der Waals surface area contributed by atoms with Crippen molar-refractivity contribution in [2.75, 3.05) is 5.32 Å². The quantitative estimate of drug-likeness (QED) is 0.506. The van der Waals surface area contributed by atoms with Crippen LogP contribution in [0.5, 0.6) is 0 Å². The molecule has 0 unspecified atom stereocenters. The number of anilines is 2. The summed E-state index contributed by atoms with van der Waals surface area (Å²) in [4.78, 5) is 4.84. The lowest BCUT2D eigenvalue weighted by Crippen LogP contribution is -2.01. The smallest absolute Gasteiger partial charge is 0.133 e. The van der Waals surface area contributed by atoms with E-state index in [4.69, 9.17) is 16.6 Å². The van der Waals surface area contributed by atoms with Crippen molar-refractivity contribution in [1.29, 1.82) is 0 Å². The van der Waals surface area contributed by atoms with Gasteiger partial charge < -0.3 is 5.32 Å². The van der Waals surface area contributed by atoms with E-state index in [1.54, 1.807) is 0 Å². The molecule has 0 fully saturated rings. The summed E-state index contributed by atoms with van der Waals surface area (Å²) < 4.78 is 0. The zero-order chi connectivity index (χ0) is 17.5. The van der Waals surface area contributed by atoms with Crippen LogP contribution < -0.4 is 5.32 Å². The van der Waals surface area contributed by atoms with Crippen molar-refractivity contribution in [3.05, 3.63) is 71.0 Å². The molecular formula is C21H17ClN4. The molecule has 4 aromatic rings. The van der Waals surface area contributed by atoms with Gasteiger partial charge in [0.2, 0.25) is 0 Å². The molecule has 0 bridgehead atoms.